The van der Waals surface area contributed by atoms with E-state index in [0.29, 0.717) is 44.1 Å². The smallest absolute Gasteiger partial charge is 0.276 e. The molecule has 160 valence electrons. The van der Waals surface area contributed by atoms with Gasteiger partial charge in [0.25, 0.3) is 11.8 Å². The molecule has 1 atom stereocenters. The molecule has 0 aromatic carbocycles. The number of likely N-dealkylation sites (tertiary alicyclic amines) is 1. The van der Waals surface area contributed by atoms with E-state index in [1.807, 2.05) is 24.0 Å². The van der Waals surface area contributed by atoms with Gasteiger partial charge in [0.05, 0.1) is 25.0 Å². The maximum atomic E-state index is 13.0. The molecule has 0 bridgehead atoms. The van der Waals surface area contributed by atoms with E-state index in [9.17, 15) is 9.59 Å². The van der Waals surface area contributed by atoms with Gasteiger partial charge in [0.1, 0.15) is 0 Å². The van der Waals surface area contributed by atoms with Crippen molar-refractivity contribution in [2.45, 2.75) is 45.2 Å². The Morgan fingerprint density at radius 2 is 1.97 bits per heavy atom. The summed E-state index contributed by atoms with van der Waals surface area (Å²) in [4.78, 5) is 33.5. The van der Waals surface area contributed by atoms with Crippen LogP contribution in [0.2, 0.25) is 0 Å². The van der Waals surface area contributed by atoms with Crippen molar-refractivity contribution in [3.63, 3.8) is 0 Å². The minimum Gasteiger partial charge on any atom is -0.378 e. The van der Waals surface area contributed by atoms with Crippen LogP contribution in [0.1, 0.15) is 52.2 Å². The fourth-order valence-electron chi connectivity index (χ4n) is 4.04. The third kappa shape index (κ3) is 4.67. The molecule has 0 aliphatic carbocycles. The number of rotatable bonds is 5. The van der Waals surface area contributed by atoms with E-state index in [1.54, 1.807) is 22.0 Å². The highest BCUT2D eigenvalue weighted by atomic mass is 16.5. The molecule has 1 unspecified atom stereocenters. The number of aryl methyl sites for hydroxylation is 2. The number of amides is 2. The van der Waals surface area contributed by atoms with E-state index < -0.39 is 0 Å². The Bertz CT molecular complexity index is 875. The lowest BCUT2D eigenvalue weighted by atomic mass is 9.98. The van der Waals surface area contributed by atoms with Gasteiger partial charge in [-0.3, -0.25) is 19.3 Å². The Kier molecular flexibility index (Phi) is 6.37. The molecular formula is C21H28N6O3. The van der Waals surface area contributed by atoms with Crippen molar-refractivity contribution in [2.24, 2.45) is 0 Å². The minimum atomic E-state index is -0.106. The predicted molar refractivity (Wildman–Crippen MR) is 109 cm³/mol. The summed E-state index contributed by atoms with van der Waals surface area (Å²) in [5, 5.41) is 8.19. The zero-order valence-electron chi connectivity index (χ0n) is 17.4. The van der Waals surface area contributed by atoms with Crippen LogP contribution in [0.25, 0.3) is 0 Å². The maximum Gasteiger partial charge on any atom is 0.276 e. The average molecular weight is 412 g/mol. The molecule has 4 rings (SSSR count). The molecule has 2 amide bonds. The van der Waals surface area contributed by atoms with Gasteiger partial charge in [0.15, 0.2) is 5.69 Å². The Hall–Kier alpha value is -2.81. The number of ether oxygens (including phenoxy) is 1. The van der Waals surface area contributed by atoms with E-state index in [-0.39, 0.29) is 17.9 Å². The number of aromatic nitrogens is 4. The summed E-state index contributed by atoms with van der Waals surface area (Å²) < 4.78 is 7.00. The lowest BCUT2D eigenvalue weighted by molar-refractivity contribution is 0.0299. The van der Waals surface area contributed by atoms with Gasteiger partial charge in [0.2, 0.25) is 0 Å². The van der Waals surface area contributed by atoms with Crippen LogP contribution in [0, 0.1) is 6.92 Å². The molecule has 0 spiro atoms. The van der Waals surface area contributed by atoms with Crippen LogP contribution in [-0.2, 0) is 11.3 Å². The van der Waals surface area contributed by atoms with Crippen molar-refractivity contribution in [3.05, 3.63) is 41.5 Å². The summed E-state index contributed by atoms with van der Waals surface area (Å²) in [6.07, 6.45) is 7.24. The van der Waals surface area contributed by atoms with Gasteiger partial charge in [0, 0.05) is 44.1 Å². The monoisotopic (exact) mass is 412 g/mol. The molecule has 0 N–H and O–H groups in total. The molecule has 0 saturated carbocycles. The number of piperidine rings is 1. The predicted octanol–water partition coefficient (Wildman–Crippen LogP) is 1.54. The van der Waals surface area contributed by atoms with E-state index in [1.165, 1.54) is 0 Å². The van der Waals surface area contributed by atoms with Crippen LogP contribution in [-0.4, -0.2) is 80.5 Å². The molecule has 2 aromatic rings. The van der Waals surface area contributed by atoms with Gasteiger partial charge in [-0.1, -0.05) is 5.21 Å². The second-order valence-corrected chi connectivity index (χ2v) is 7.90. The zero-order chi connectivity index (χ0) is 20.9. The second-order valence-electron chi connectivity index (χ2n) is 7.90. The molecule has 9 nitrogen and oxygen atoms in total. The van der Waals surface area contributed by atoms with E-state index >= 15 is 0 Å². The highest BCUT2D eigenvalue weighted by Crippen LogP contribution is 2.22. The van der Waals surface area contributed by atoms with Crippen LogP contribution in [0.15, 0.2) is 24.5 Å². The topological polar surface area (TPSA) is 93.5 Å². The van der Waals surface area contributed by atoms with Crippen LogP contribution >= 0.6 is 0 Å². The first-order valence-corrected chi connectivity index (χ1v) is 10.6. The number of pyridine rings is 1. The third-order valence-electron chi connectivity index (χ3n) is 5.79. The van der Waals surface area contributed by atoms with E-state index in [4.69, 9.17) is 4.74 Å². The van der Waals surface area contributed by atoms with Crippen LogP contribution < -0.4 is 0 Å². The standard InChI is InChI=1S/C21H28N6O3/c1-16-5-6-17(14-22-16)20(28)27-8-3-2-4-18(27)7-9-26-15-19(23-24-26)21(29)25-10-12-30-13-11-25/h5-6,14-15,18H,2-4,7-13H2,1H3. The Morgan fingerprint density at radius 3 is 2.73 bits per heavy atom. The molecule has 30 heavy (non-hydrogen) atoms. The molecule has 2 saturated heterocycles. The molecule has 9 heteroatoms. The number of carbonyl (C=O) groups excluding carboxylic acids is 2. The largest absolute Gasteiger partial charge is 0.378 e. The van der Waals surface area contributed by atoms with E-state index in [0.717, 1.165) is 37.9 Å². The molecule has 4 heterocycles. The summed E-state index contributed by atoms with van der Waals surface area (Å²) in [6.45, 7) is 5.56. The van der Waals surface area contributed by atoms with E-state index in [2.05, 4.69) is 15.3 Å². The number of carbonyl (C=O) groups is 2. The first-order chi connectivity index (χ1) is 14.6. The molecule has 2 fully saturated rings. The van der Waals surface area contributed by atoms with Crippen molar-refractivity contribution < 1.29 is 14.3 Å². The summed E-state index contributed by atoms with van der Waals surface area (Å²) in [7, 11) is 0. The SMILES string of the molecule is Cc1ccc(C(=O)N2CCCCC2CCn2cc(C(=O)N3CCOCC3)nn2)cn1. The van der Waals surface area contributed by atoms with Crippen molar-refractivity contribution >= 4 is 11.8 Å². The highest BCUT2D eigenvalue weighted by Gasteiger charge is 2.28. The molecular weight excluding hydrogens is 384 g/mol. The lowest BCUT2D eigenvalue weighted by Crippen LogP contribution is -2.44. The summed E-state index contributed by atoms with van der Waals surface area (Å²) in [5.74, 6) is -0.0696. The fourth-order valence-corrected chi connectivity index (χ4v) is 4.04. The quantitative estimate of drug-likeness (QED) is 0.740. The fraction of sp³-hybridized carbons (Fsp3) is 0.571. The van der Waals surface area contributed by atoms with Crippen LogP contribution in [0.5, 0.6) is 0 Å². The third-order valence-corrected chi connectivity index (χ3v) is 5.79. The Morgan fingerprint density at radius 1 is 1.13 bits per heavy atom. The van der Waals surface area contributed by atoms with Gasteiger partial charge < -0.3 is 14.5 Å². The first kappa shape index (κ1) is 20.5. The molecule has 2 aromatic heterocycles. The number of hydrogen-bond acceptors (Lipinski definition) is 6. The molecule has 0 radical (unpaired) electrons. The summed E-state index contributed by atoms with van der Waals surface area (Å²) in [6, 6.07) is 3.86. The van der Waals surface area contributed by atoms with Crippen molar-refractivity contribution in [2.75, 3.05) is 32.8 Å². The van der Waals surface area contributed by atoms with Gasteiger partial charge in [-0.25, -0.2) is 0 Å². The van der Waals surface area contributed by atoms with Crippen molar-refractivity contribution in [1.82, 2.24) is 29.8 Å². The number of morpholine rings is 1. The van der Waals surface area contributed by atoms with Gasteiger partial charge >= 0.3 is 0 Å². The number of hydrogen-bond donors (Lipinski definition) is 0. The number of nitrogens with zero attached hydrogens (tertiary/aromatic N) is 6. The first-order valence-electron chi connectivity index (χ1n) is 10.6. The average Bonchev–Trinajstić information content (AvgIpc) is 3.27. The summed E-state index contributed by atoms with van der Waals surface area (Å²) in [5.41, 5.74) is 1.89. The Balaban J connectivity index is 1.37. The Labute approximate surface area is 176 Å². The summed E-state index contributed by atoms with van der Waals surface area (Å²) >= 11 is 0. The van der Waals surface area contributed by atoms with Gasteiger partial charge in [-0.05, 0) is 44.7 Å². The van der Waals surface area contributed by atoms with Crippen LogP contribution in [0.3, 0.4) is 0 Å². The lowest BCUT2D eigenvalue weighted by Gasteiger charge is -2.36. The van der Waals surface area contributed by atoms with Gasteiger partial charge in [-0.15, -0.1) is 5.10 Å². The minimum absolute atomic E-state index is 0.0361. The normalized spacial score (nSPS) is 19.7. The van der Waals surface area contributed by atoms with Gasteiger partial charge in [-0.2, -0.15) is 0 Å². The second kappa shape index (κ2) is 9.34. The molecule has 2 aliphatic heterocycles. The van der Waals surface area contributed by atoms with Crippen LogP contribution in [0.4, 0.5) is 0 Å². The zero-order valence-corrected chi connectivity index (χ0v) is 17.4. The van der Waals surface area contributed by atoms with Crippen molar-refractivity contribution in [3.8, 4) is 0 Å². The maximum absolute atomic E-state index is 13.0. The van der Waals surface area contributed by atoms with Crippen molar-refractivity contribution in [1.29, 1.82) is 0 Å². The molecule has 2 aliphatic rings. The highest BCUT2D eigenvalue weighted by molar-refractivity contribution is 5.94.